The summed E-state index contributed by atoms with van der Waals surface area (Å²) in [4.78, 5) is 27.7. The van der Waals surface area contributed by atoms with Crippen LogP contribution in [-0.4, -0.2) is 50.3 Å². The molecule has 1 aliphatic rings. The Morgan fingerprint density at radius 1 is 0.944 bits per heavy atom. The van der Waals surface area contributed by atoms with E-state index in [0.717, 1.165) is 17.3 Å². The molecule has 0 saturated carbocycles. The maximum absolute atomic E-state index is 13.2. The van der Waals surface area contributed by atoms with Gasteiger partial charge in [0.15, 0.2) is 9.84 Å². The van der Waals surface area contributed by atoms with E-state index in [1.165, 1.54) is 23.3 Å². The van der Waals surface area contributed by atoms with Gasteiger partial charge in [0.1, 0.15) is 4.90 Å². The van der Waals surface area contributed by atoms with Crippen molar-refractivity contribution in [2.45, 2.75) is 31.4 Å². The molecule has 8 nitrogen and oxygen atoms in total. The van der Waals surface area contributed by atoms with Gasteiger partial charge in [0.2, 0.25) is 0 Å². The third-order valence-corrected chi connectivity index (χ3v) is 8.39. The van der Waals surface area contributed by atoms with Gasteiger partial charge in [-0.15, -0.1) is 0 Å². The van der Waals surface area contributed by atoms with Gasteiger partial charge >= 0.3 is 0 Å². The van der Waals surface area contributed by atoms with Gasteiger partial charge in [-0.2, -0.15) is 0 Å². The Bertz CT molecular complexity index is 1430. The van der Waals surface area contributed by atoms with Gasteiger partial charge in [0, 0.05) is 43.5 Å². The van der Waals surface area contributed by atoms with Crippen LogP contribution in [0.3, 0.4) is 0 Å². The van der Waals surface area contributed by atoms with Gasteiger partial charge in [-0.05, 0) is 55.7 Å². The molecule has 188 valence electrons. The van der Waals surface area contributed by atoms with Crippen LogP contribution in [0.1, 0.15) is 32.6 Å². The van der Waals surface area contributed by atoms with E-state index in [1.54, 1.807) is 23.1 Å². The van der Waals surface area contributed by atoms with Crippen LogP contribution in [0, 0.1) is 30.9 Å². The number of carbonyl (C=O) groups excluding carboxylic acids is 1. The van der Waals surface area contributed by atoms with E-state index >= 15 is 0 Å². The summed E-state index contributed by atoms with van der Waals surface area (Å²) < 4.78 is 26.1. The zero-order valence-corrected chi connectivity index (χ0v) is 21.4. The van der Waals surface area contributed by atoms with E-state index in [1.807, 2.05) is 19.1 Å². The SMILES string of the molecule is Cc1cccc(CS(=O)(=O)c2ccc(C(=O)N3CCN(c4cccc(C)c4C)CC3)cc2[N+](=O)[O-])c1. The summed E-state index contributed by atoms with van der Waals surface area (Å²) >= 11 is 0. The molecule has 1 aliphatic heterocycles. The molecule has 1 heterocycles. The quantitative estimate of drug-likeness (QED) is 0.361. The highest BCUT2D eigenvalue weighted by molar-refractivity contribution is 7.90. The summed E-state index contributed by atoms with van der Waals surface area (Å²) in [7, 11) is -3.99. The van der Waals surface area contributed by atoms with Crippen molar-refractivity contribution < 1.29 is 18.1 Å². The Labute approximate surface area is 211 Å². The number of rotatable bonds is 6. The monoisotopic (exact) mass is 507 g/mol. The lowest BCUT2D eigenvalue weighted by Gasteiger charge is -2.37. The molecule has 0 spiro atoms. The molecular weight excluding hydrogens is 478 g/mol. The van der Waals surface area contributed by atoms with Gasteiger partial charge < -0.3 is 9.80 Å². The number of benzene rings is 3. The summed E-state index contributed by atoms with van der Waals surface area (Å²) in [6.07, 6.45) is 0. The zero-order chi connectivity index (χ0) is 26.0. The number of piperazine rings is 1. The summed E-state index contributed by atoms with van der Waals surface area (Å²) in [5.74, 6) is -0.704. The Kier molecular flexibility index (Phi) is 7.12. The van der Waals surface area contributed by atoms with Gasteiger partial charge in [0.05, 0.1) is 10.7 Å². The molecule has 0 unspecified atom stereocenters. The first-order valence-electron chi connectivity index (χ1n) is 11.7. The van der Waals surface area contributed by atoms with Crippen LogP contribution in [0.2, 0.25) is 0 Å². The maximum atomic E-state index is 13.2. The van der Waals surface area contributed by atoms with Crippen molar-refractivity contribution in [1.82, 2.24) is 4.90 Å². The third kappa shape index (κ3) is 5.26. The number of carbonyl (C=O) groups is 1. The number of nitrogens with zero attached hydrogens (tertiary/aromatic N) is 3. The van der Waals surface area contributed by atoms with Crippen molar-refractivity contribution in [3.63, 3.8) is 0 Å². The van der Waals surface area contributed by atoms with Crippen LogP contribution in [0.4, 0.5) is 11.4 Å². The molecule has 1 fully saturated rings. The van der Waals surface area contributed by atoms with E-state index < -0.39 is 20.4 Å². The lowest BCUT2D eigenvalue weighted by molar-refractivity contribution is -0.387. The molecule has 0 bridgehead atoms. The zero-order valence-electron chi connectivity index (χ0n) is 20.6. The van der Waals surface area contributed by atoms with Crippen LogP contribution in [0.15, 0.2) is 65.6 Å². The smallest absolute Gasteiger partial charge is 0.288 e. The summed E-state index contributed by atoms with van der Waals surface area (Å²) in [6, 6.07) is 16.8. The molecule has 3 aromatic rings. The number of anilines is 1. The molecule has 0 radical (unpaired) electrons. The number of hydrogen-bond donors (Lipinski definition) is 0. The highest BCUT2D eigenvalue weighted by Gasteiger charge is 2.30. The highest BCUT2D eigenvalue weighted by atomic mass is 32.2. The Balaban J connectivity index is 1.53. The lowest BCUT2D eigenvalue weighted by Crippen LogP contribution is -2.49. The number of aryl methyl sites for hydroxylation is 2. The van der Waals surface area contributed by atoms with Crippen molar-refractivity contribution in [2.75, 3.05) is 31.1 Å². The van der Waals surface area contributed by atoms with Crippen LogP contribution in [0.5, 0.6) is 0 Å². The standard InChI is InChI=1S/C27H29N3O5S/c1-19-6-4-8-22(16-19)18-36(34,35)26-11-10-23(17-25(26)30(32)33)27(31)29-14-12-28(13-15-29)24-9-5-7-20(2)21(24)3/h4-11,16-17H,12-15,18H2,1-3H3. The summed E-state index contributed by atoms with van der Waals surface area (Å²) in [5.41, 5.74) is 4.52. The first-order valence-corrected chi connectivity index (χ1v) is 13.4. The van der Waals surface area contributed by atoms with E-state index in [2.05, 4.69) is 30.9 Å². The number of amides is 1. The molecule has 36 heavy (non-hydrogen) atoms. The van der Waals surface area contributed by atoms with Crippen LogP contribution < -0.4 is 4.90 Å². The molecule has 4 rings (SSSR count). The van der Waals surface area contributed by atoms with Crippen molar-refractivity contribution in [3.8, 4) is 0 Å². The van der Waals surface area contributed by atoms with Crippen molar-refractivity contribution in [1.29, 1.82) is 0 Å². The van der Waals surface area contributed by atoms with Crippen LogP contribution in [-0.2, 0) is 15.6 Å². The maximum Gasteiger partial charge on any atom is 0.288 e. The molecule has 0 atom stereocenters. The van der Waals surface area contributed by atoms with Crippen molar-refractivity contribution in [3.05, 3.63) is 98.6 Å². The fourth-order valence-corrected chi connectivity index (χ4v) is 6.07. The fraction of sp³-hybridized carbons (Fsp3) is 0.296. The number of hydrogen-bond acceptors (Lipinski definition) is 6. The Morgan fingerprint density at radius 2 is 1.64 bits per heavy atom. The second-order valence-corrected chi connectivity index (χ2v) is 11.1. The molecule has 0 aliphatic carbocycles. The minimum atomic E-state index is -3.99. The van der Waals surface area contributed by atoms with Crippen molar-refractivity contribution >= 4 is 27.1 Å². The lowest BCUT2D eigenvalue weighted by atomic mass is 10.1. The average Bonchev–Trinajstić information content (AvgIpc) is 2.85. The molecule has 3 aromatic carbocycles. The van der Waals surface area contributed by atoms with Gasteiger partial charge in [-0.3, -0.25) is 14.9 Å². The van der Waals surface area contributed by atoms with Gasteiger partial charge in [-0.25, -0.2) is 8.42 Å². The van der Waals surface area contributed by atoms with Crippen LogP contribution in [0.25, 0.3) is 0 Å². The third-order valence-electron chi connectivity index (χ3n) is 6.66. The number of sulfone groups is 1. The normalized spacial score (nSPS) is 14.1. The number of nitro groups is 1. The molecule has 1 amide bonds. The Hall–Kier alpha value is -3.72. The van der Waals surface area contributed by atoms with Crippen molar-refractivity contribution in [2.24, 2.45) is 0 Å². The van der Waals surface area contributed by atoms with Gasteiger partial charge in [0.25, 0.3) is 11.6 Å². The van der Waals surface area contributed by atoms with E-state index in [-0.39, 0.29) is 22.1 Å². The average molecular weight is 508 g/mol. The van der Waals surface area contributed by atoms with Gasteiger partial charge in [-0.1, -0.05) is 42.0 Å². The van der Waals surface area contributed by atoms with E-state index in [0.29, 0.717) is 31.7 Å². The predicted octanol–water partition coefficient (Wildman–Crippen LogP) is 4.46. The fourth-order valence-electron chi connectivity index (χ4n) is 4.57. The van der Waals surface area contributed by atoms with E-state index in [9.17, 15) is 23.3 Å². The molecule has 0 aromatic heterocycles. The Morgan fingerprint density at radius 3 is 2.31 bits per heavy atom. The minimum absolute atomic E-state index is 0.108. The van der Waals surface area contributed by atoms with E-state index in [4.69, 9.17) is 0 Å². The summed E-state index contributed by atoms with van der Waals surface area (Å²) in [6.45, 7) is 8.20. The number of nitro benzene ring substituents is 1. The molecule has 9 heteroatoms. The molecular formula is C27H29N3O5S. The summed E-state index contributed by atoms with van der Waals surface area (Å²) in [5, 5.41) is 11.8. The molecule has 0 N–H and O–H groups in total. The highest BCUT2D eigenvalue weighted by Crippen LogP contribution is 2.29. The largest absolute Gasteiger partial charge is 0.368 e. The topological polar surface area (TPSA) is 101 Å². The van der Waals surface area contributed by atoms with Crippen LogP contribution >= 0.6 is 0 Å². The molecule has 1 saturated heterocycles. The first kappa shape index (κ1) is 25.4. The second kappa shape index (κ2) is 10.1. The predicted molar refractivity (Wildman–Crippen MR) is 139 cm³/mol. The minimum Gasteiger partial charge on any atom is -0.368 e. The first-order chi connectivity index (χ1) is 17.1. The second-order valence-electron chi connectivity index (χ2n) is 9.19.